The van der Waals surface area contributed by atoms with Gasteiger partial charge in [-0.25, -0.2) is 0 Å². The number of ketones is 1. The van der Waals surface area contributed by atoms with Crippen molar-refractivity contribution in [2.75, 3.05) is 14.2 Å². The first-order valence-electron chi connectivity index (χ1n) is 9.80. The van der Waals surface area contributed by atoms with Gasteiger partial charge in [-0.1, -0.05) is 28.1 Å². The fourth-order valence-electron chi connectivity index (χ4n) is 2.99. The second-order valence-electron chi connectivity index (χ2n) is 6.76. The molecule has 3 aromatic rings. The van der Waals surface area contributed by atoms with Crippen molar-refractivity contribution in [1.29, 1.82) is 0 Å². The molecule has 33 heavy (non-hydrogen) atoms. The van der Waals surface area contributed by atoms with Crippen LogP contribution in [0.1, 0.15) is 21.5 Å². The standard InChI is InChI=1S/C25H21BrF2O5/c1-30-22-11-4-16(13-18(22)15-32-20-8-6-19(26)7-9-20)3-10-21(29)17-5-12-23(33-25(27)28)24(14-17)31-2/h3-14,25H,15H2,1-2H3/b10-3+. The number of benzene rings is 3. The van der Waals surface area contributed by atoms with E-state index in [1.54, 1.807) is 19.3 Å². The first-order chi connectivity index (χ1) is 15.9. The average Bonchev–Trinajstić information content (AvgIpc) is 2.82. The third kappa shape index (κ3) is 6.79. The lowest BCUT2D eigenvalue weighted by Crippen LogP contribution is -2.04. The van der Waals surface area contributed by atoms with Gasteiger partial charge in [-0.3, -0.25) is 4.79 Å². The van der Waals surface area contributed by atoms with Crippen LogP contribution in [0.15, 0.2) is 71.2 Å². The molecular formula is C25H21BrF2O5. The smallest absolute Gasteiger partial charge is 0.387 e. The van der Waals surface area contributed by atoms with Crippen LogP contribution in [0.5, 0.6) is 23.0 Å². The summed E-state index contributed by atoms with van der Waals surface area (Å²) in [5.74, 6) is 0.963. The first-order valence-corrected chi connectivity index (χ1v) is 10.6. The van der Waals surface area contributed by atoms with E-state index >= 15 is 0 Å². The lowest BCUT2D eigenvalue weighted by Gasteiger charge is -2.11. The van der Waals surface area contributed by atoms with Gasteiger partial charge in [0, 0.05) is 15.6 Å². The number of carbonyl (C=O) groups excluding carboxylic acids is 1. The zero-order valence-corrected chi connectivity index (χ0v) is 19.5. The molecule has 0 saturated heterocycles. The Labute approximate surface area is 198 Å². The van der Waals surface area contributed by atoms with E-state index < -0.39 is 6.61 Å². The lowest BCUT2D eigenvalue weighted by molar-refractivity contribution is -0.0512. The summed E-state index contributed by atoms with van der Waals surface area (Å²) in [6.45, 7) is -2.71. The highest BCUT2D eigenvalue weighted by molar-refractivity contribution is 9.10. The van der Waals surface area contributed by atoms with Gasteiger partial charge in [0.25, 0.3) is 0 Å². The first kappa shape index (κ1) is 24.3. The van der Waals surface area contributed by atoms with Crippen molar-refractivity contribution in [1.82, 2.24) is 0 Å². The maximum atomic E-state index is 12.6. The van der Waals surface area contributed by atoms with E-state index in [2.05, 4.69) is 20.7 Å². The van der Waals surface area contributed by atoms with Crippen LogP contribution in [0.25, 0.3) is 6.08 Å². The third-order valence-corrected chi connectivity index (χ3v) is 5.13. The molecule has 0 bridgehead atoms. The molecule has 0 N–H and O–H groups in total. The van der Waals surface area contributed by atoms with Crippen LogP contribution in [0.3, 0.4) is 0 Å². The van der Waals surface area contributed by atoms with Crippen LogP contribution in [0.2, 0.25) is 0 Å². The molecule has 0 unspecified atom stereocenters. The second-order valence-corrected chi connectivity index (χ2v) is 7.67. The molecule has 0 aliphatic rings. The van der Waals surface area contributed by atoms with Crippen LogP contribution < -0.4 is 18.9 Å². The number of hydrogen-bond donors (Lipinski definition) is 0. The van der Waals surface area contributed by atoms with Crippen molar-refractivity contribution in [2.45, 2.75) is 13.2 Å². The lowest BCUT2D eigenvalue weighted by atomic mass is 10.1. The van der Waals surface area contributed by atoms with E-state index in [9.17, 15) is 13.6 Å². The molecule has 0 radical (unpaired) electrons. The van der Waals surface area contributed by atoms with Gasteiger partial charge >= 0.3 is 6.61 Å². The van der Waals surface area contributed by atoms with Crippen LogP contribution in [0, 0.1) is 0 Å². The summed E-state index contributed by atoms with van der Waals surface area (Å²) >= 11 is 3.39. The monoisotopic (exact) mass is 518 g/mol. The Morgan fingerprint density at radius 1 is 0.939 bits per heavy atom. The highest BCUT2D eigenvalue weighted by atomic mass is 79.9. The van der Waals surface area contributed by atoms with Crippen molar-refractivity contribution in [3.63, 3.8) is 0 Å². The molecule has 3 rings (SSSR count). The number of allylic oxidation sites excluding steroid dienone is 1. The minimum Gasteiger partial charge on any atom is -0.496 e. The predicted molar refractivity (Wildman–Crippen MR) is 124 cm³/mol. The van der Waals surface area contributed by atoms with Crippen LogP contribution >= 0.6 is 15.9 Å². The van der Waals surface area contributed by atoms with E-state index in [1.165, 1.54) is 31.4 Å². The normalized spacial score (nSPS) is 11.0. The van der Waals surface area contributed by atoms with Crippen LogP contribution in [-0.2, 0) is 6.61 Å². The molecule has 0 fully saturated rings. The van der Waals surface area contributed by atoms with E-state index in [0.717, 1.165) is 15.6 Å². The maximum Gasteiger partial charge on any atom is 0.387 e. The number of hydrogen-bond acceptors (Lipinski definition) is 5. The number of ether oxygens (including phenoxy) is 4. The van der Waals surface area contributed by atoms with E-state index in [4.69, 9.17) is 14.2 Å². The van der Waals surface area contributed by atoms with Gasteiger partial charge in [0.15, 0.2) is 17.3 Å². The Morgan fingerprint density at radius 3 is 2.30 bits per heavy atom. The maximum absolute atomic E-state index is 12.6. The summed E-state index contributed by atoms with van der Waals surface area (Å²) in [5, 5.41) is 0. The number of rotatable bonds is 10. The summed E-state index contributed by atoms with van der Waals surface area (Å²) in [6, 6.07) is 17.0. The molecule has 8 heteroatoms. The van der Waals surface area contributed by atoms with Gasteiger partial charge in [0.05, 0.1) is 14.2 Å². The van der Waals surface area contributed by atoms with Crippen molar-refractivity contribution >= 4 is 27.8 Å². The summed E-state index contributed by atoms with van der Waals surface area (Å²) in [7, 11) is 2.89. The molecule has 3 aromatic carbocycles. The summed E-state index contributed by atoms with van der Waals surface area (Å²) in [5.41, 5.74) is 1.85. The summed E-state index contributed by atoms with van der Waals surface area (Å²) in [4.78, 5) is 12.6. The molecule has 172 valence electrons. The number of carbonyl (C=O) groups is 1. The Hall–Kier alpha value is -3.39. The predicted octanol–water partition coefficient (Wildman–Crippen LogP) is 6.54. The number of methoxy groups -OCH3 is 2. The molecule has 0 atom stereocenters. The number of alkyl halides is 2. The molecule has 0 amide bonds. The van der Waals surface area contributed by atoms with Gasteiger partial charge in [-0.2, -0.15) is 8.78 Å². The van der Waals surface area contributed by atoms with Crippen LogP contribution in [0.4, 0.5) is 8.78 Å². The Bertz CT molecular complexity index is 1130. The van der Waals surface area contributed by atoms with E-state index in [-0.39, 0.29) is 29.5 Å². The molecule has 0 spiro atoms. The molecule has 0 aliphatic heterocycles. The minimum absolute atomic E-state index is 0.0476. The minimum atomic E-state index is -2.99. The second kappa shape index (κ2) is 11.5. The van der Waals surface area contributed by atoms with Gasteiger partial charge in [-0.05, 0) is 66.2 Å². The van der Waals surface area contributed by atoms with E-state index in [1.807, 2.05) is 36.4 Å². The van der Waals surface area contributed by atoms with Crippen molar-refractivity contribution in [3.05, 3.63) is 87.9 Å². The SMILES string of the molecule is COc1ccc(/C=C/C(=O)c2ccc(OC(F)F)c(OC)c2)cc1COc1ccc(Br)cc1. The van der Waals surface area contributed by atoms with Gasteiger partial charge in [0.1, 0.15) is 18.1 Å². The highest BCUT2D eigenvalue weighted by Crippen LogP contribution is 2.30. The molecule has 0 heterocycles. The quantitative estimate of drug-likeness (QED) is 0.225. The zero-order chi connectivity index (χ0) is 23.8. The number of halogens is 3. The Kier molecular flexibility index (Phi) is 8.43. The Balaban J connectivity index is 1.74. The van der Waals surface area contributed by atoms with Crippen molar-refractivity contribution < 1.29 is 32.5 Å². The van der Waals surface area contributed by atoms with E-state index in [0.29, 0.717) is 11.5 Å². The van der Waals surface area contributed by atoms with Crippen molar-refractivity contribution in [2.24, 2.45) is 0 Å². The molecular weight excluding hydrogens is 498 g/mol. The average molecular weight is 519 g/mol. The van der Waals surface area contributed by atoms with Crippen LogP contribution in [-0.4, -0.2) is 26.6 Å². The van der Waals surface area contributed by atoms with Gasteiger partial charge in [0.2, 0.25) is 0 Å². The van der Waals surface area contributed by atoms with Gasteiger partial charge < -0.3 is 18.9 Å². The topological polar surface area (TPSA) is 54.0 Å². The molecule has 0 saturated carbocycles. The molecule has 0 aromatic heterocycles. The summed E-state index contributed by atoms with van der Waals surface area (Å²) < 4.78 is 46.6. The fraction of sp³-hybridized carbons (Fsp3) is 0.160. The van der Waals surface area contributed by atoms with Gasteiger partial charge in [-0.15, -0.1) is 0 Å². The highest BCUT2D eigenvalue weighted by Gasteiger charge is 2.13. The molecule has 0 aliphatic carbocycles. The summed E-state index contributed by atoms with van der Waals surface area (Å²) in [6.07, 6.45) is 3.05. The Morgan fingerprint density at radius 2 is 1.64 bits per heavy atom. The zero-order valence-electron chi connectivity index (χ0n) is 17.9. The fourth-order valence-corrected chi connectivity index (χ4v) is 3.25. The van der Waals surface area contributed by atoms with Crippen molar-refractivity contribution in [3.8, 4) is 23.0 Å². The largest absolute Gasteiger partial charge is 0.496 e. The third-order valence-electron chi connectivity index (χ3n) is 4.60. The molecule has 5 nitrogen and oxygen atoms in total.